The maximum atomic E-state index is 15.5. The fourth-order valence-electron chi connectivity index (χ4n) is 5.36. The molecule has 1 aliphatic rings. The number of nitrogens with one attached hydrogen (secondary N) is 1. The van der Waals surface area contributed by atoms with E-state index in [2.05, 4.69) is 15.4 Å². The van der Waals surface area contributed by atoms with Gasteiger partial charge in [0.1, 0.15) is 0 Å². The number of carboxylic acids is 1. The molecule has 0 unspecified atom stereocenters. The number of hydrogen-bond acceptors (Lipinski definition) is 6. The van der Waals surface area contributed by atoms with Crippen molar-refractivity contribution in [2.24, 2.45) is 0 Å². The Kier molecular flexibility index (Phi) is 8.01. The summed E-state index contributed by atoms with van der Waals surface area (Å²) in [5.41, 5.74) is 3.52. The number of aliphatic carboxylic acids is 1. The summed E-state index contributed by atoms with van der Waals surface area (Å²) < 4.78 is 28.6. The minimum Gasteiger partial charge on any atom is -0.490 e. The first-order chi connectivity index (χ1) is 19.9. The second-order valence-electron chi connectivity index (χ2n) is 11.5. The van der Waals surface area contributed by atoms with Crippen LogP contribution in [0.3, 0.4) is 0 Å². The maximum Gasteiger partial charge on any atom is 0.337 e. The molecule has 0 spiro atoms. The Hall–Kier alpha value is -4.31. The first-order valence-electron chi connectivity index (χ1n) is 14.0. The molecule has 2 N–H and O–H groups in total. The van der Waals surface area contributed by atoms with Crippen LogP contribution in [0.1, 0.15) is 71.7 Å². The normalized spacial score (nSPS) is 13.9. The van der Waals surface area contributed by atoms with Crippen molar-refractivity contribution in [2.45, 2.75) is 65.6 Å². The SMILES string of the molecule is Cc1nc2cc(C(=O)NCCc3ccccc3)nn2c(-c2cc(F)c3c(c2C)CCCO3)c1[C@H](OC(C)(C)C)C(=O)O. The van der Waals surface area contributed by atoms with E-state index < -0.39 is 29.4 Å². The van der Waals surface area contributed by atoms with Crippen molar-refractivity contribution in [1.29, 1.82) is 0 Å². The lowest BCUT2D eigenvalue weighted by Crippen LogP contribution is -2.29. The van der Waals surface area contributed by atoms with Gasteiger partial charge < -0.3 is 19.9 Å². The van der Waals surface area contributed by atoms with Gasteiger partial charge in [0.05, 0.1) is 17.9 Å². The van der Waals surface area contributed by atoms with Crippen LogP contribution < -0.4 is 10.1 Å². The molecule has 9 nitrogen and oxygen atoms in total. The Morgan fingerprint density at radius 3 is 2.62 bits per heavy atom. The molecule has 0 fully saturated rings. The van der Waals surface area contributed by atoms with Crippen molar-refractivity contribution in [2.75, 3.05) is 13.2 Å². The third-order valence-corrected chi connectivity index (χ3v) is 7.25. The van der Waals surface area contributed by atoms with Gasteiger partial charge in [0.2, 0.25) is 0 Å². The topological polar surface area (TPSA) is 115 Å². The quantitative estimate of drug-likeness (QED) is 0.290. The first-order valence-corrected chi connectivity index (χ1v) is 14.0. The molecule has 2 aromatic carbocycles. The highest BCUT2D eigenvalue weighted by molar-refractivity contribution is 5.93. The lowest BCUT2D eigenvalue weighted by atomic mass is 9.91. The van der Waals surface area contributed by atoms with Crippen molar-refractivity contribution in [3.05, 3.63) is 81.9 Å². The van der Waals surface area contributed by atoms with Gasteiger partial charge in [-0.15, -0.1) is 0 Å². The Bertz CT molecular complexity index is 1660. The minimum atomic E-state index is -1.43. The summed E-state index contributed by atoms with van der Waals surface area (Å²) in [5, 5.41) is 17.8. The fourth-order valence-corrected chi connectivity index (χ4v) is 5.36. The van der Waals surface area contributed by atoms with E-state index in [1.165, 1.54) is 10.6 Å². The molecule has 0 bridgehead atoms. The number of carbonyl (C=O) groups excluding carboxylic acids is 1. The summed E-state index contributed by atoms with van der Waals surface area (Å²) in [4.78, 5) is 30.4. The van der Waals surface area contributed by atoms with Gasteiger partial charge in [0, 0.05) is 35.0 Å². The van der Waals surface area contributed by atoms with E-state index >= 15 is 4.39 Å². The zero-order valence-electron chi connectivity index (χ0n) is 24.5. The average Bonchev–Trinajstić information content (AvgIpc) is 3.37. The molecular formula is C32H35FN4O5. The Labute approximate surface area is 243 Å². The van der Waals surface area contributed by atoms with E-state index in [-0.39, 0.29) is 17.0 Å². The summed E-state index contributed by atoms with van der Waals surface area (Å²) in [6.45, 7) is 9.64. The summed E-state index contributed by atoms with van der Waals surface area (Å²) in [6.07, 6.45) is 0.559. The molecule has 5 rings (SSSR count). The number of carbonyl (C=O) groups is 2. The summed E-state index contributed by atoms with van der Waals surface area (Å²) >= 11 is 0. The highest BCUT2D eigenvalue weighted by atomic mass is 19.1. The van der Waals surface area contributed by atoms with E-state index in [1.54, 1.807) is 33.8 Å². The van der Waals surface area contributed by atoms with Crippen molar-refractivity contribution >= 4 is 17.5 Å². The summed E-state index contributed by atoms with van der Waals surface area (Å²) in [6, 6.07) is 12.7. The second-order valence-corrected chi connectivity index (χ2v) is 11.5. The monoisotopic (exact) mass is 574 g/mol. The number of fused-ring (bicyclic) bond motifs is 2. The van der Waals surface area contributed by atoms with Gasteiger partial charge in [-0.25, -0.2) is 18.7 Å². The van der Waals surface area contributed by atoms with Crippen molar-refractivity contribution in [3.8, 4) is 17.0 Å². The standard InChI is InChI=1S/C32H35FN4O5/c1-18-21-12-9-15-41-28(21)23(33)16-22(18)27-26(29(31(39)40)42-32(3,4)5)19(2)35-25-17-24(36-37(25)27)30(38)34-14-13-20-10-7-6-8-11-20/h6-8,10-11,16-17,29H,9,12-15H2,1-5H3,(H,34,38)(H,39,40)/t29-/m0/s1. The number of rotatable bonds is 8. The number of ether oxygens (including phenoxy) is 2. The number of nitrogens with zero attached hydrogens (tertiary/aromatic N) is 3. The highest BCUT2D eigenvalue weighted by Crippen LogP contribution is 2.41. The van der Waals surface area contributed by atoms with Gasteiger partial charge in [-0.05, 0) is 71.1 Å². The molecule has 4 aromatic rings. The van der Waals surface area contributed by atoms with Crippen LogP contribution in [0.4, 0.5) is 4.39 Å². The van der Waals surface area contributed by atoms with E-state index in [0.717, 1.165) is 23.1 Å². The van der Waals surface area contributed by atoms with Gasteiger partial charge in [0.25, 0.3) is 5.91 Å². The van der Waals surface area contributed by atoms with Gasteiger partial charge in [-0.2, -0.15) is 5.10 Å². The first kappa shape index (κ1) is 29.2. The summed E-state index contributed by atoms with van der Waals surface area (Å²) in [7, 11) is 0. The minimum absolute atomic E-state index is 0.108. The lowest BCUT2D eigenvalue weighted by molar-refractivity contribution is -0.160. The number of halogens is 1. The van der Waals surface area contributed by atoms with Crippen LogP contribution in [0.15, 0.2) is 42.5 Å². The molecule has 0 aliphatic carbocycles. The zero-order chi connectivity index (χ0) is 30.2. The van der Waals surface area contributed by atoms with E-state index in [0.29, 0.717) is 48.6 Å². The average molecular weight is 575 g/mol. The van der Waals surface area contributed by atoms with Gasteiger partial charge in [-0.3, -0.25) is 4.79 Å². The van der Waals surface area contributed by atoms with E-state index in [9.17, 15) is 14.7 Å². The smallest absolute Gasteiger partial charge is 0.337 e. The highest BCUT2D eigenvalue weighted by Gasteiger charge is 2.34. The molecule has 42 heavy (non-hydrogen) atoms. The predicted molar refractivity (Wildman–Crippen MR) is 155 cm³/mol. The van der Waals surface area contributed by atoms with Gasteiger partial charge in [0.15, 0.2) is 29.0 Å². The summed E-state index contributed by atoms with van der Waals surface area (Å²) in [5.74, 6) is -1.95. The van der Waals surface area contributed by atoms with Crippen LogP contribution >= 0.6 is 0 Å². The molecule has 10 heteroatoms. The number of aryl methyl sites for hydroxylation is 1. The van der Waals surface area contributed by atoms with Gasteiger partial charge in [-0.1, -0.05) is 30.3 Å². The number of amides is 1. The third-order valence-electron chi connectivity index (χ3n) is 7.25. The van der Waals surface area contributed by atoms with E-state index in [4.69, 9.17) is 9.47 Å². The number of carboxylic acid groups (broad SMARTS) is 1. The number of aromatic nitrogens is 3. The molecule has 0 saturated heterocycles. The maximum absolute atomic E-state index is 15.5. The van der Waals surface area contributed by atoms with Crippen LogP contribution in [-0.4, -0.2) is 50.3 Å². The molecule has 220 valence electrons. The van der Waals surface area contributed by atoms with Crippen LogP contribution in [0.2, 0.25) is 0 Å². The van der Waals surface area contributed by atoms with Crippen molar-refractivity contribution in [1.82, 2.24) is 19.9 Å². The molecule has 1 aliphatic heterocycles. The number of hydrogen-bond donors (Lipinski definition) is 2. The Morgan fingerprint density at radius 2 is 1.93 bits per heavy atom. The largest absolute Gasteiger partial charge is 0.490 e. The van der Waals surface area contributed by atoms with Crippen LogP contribution in [0.25, 0.3) is 16.9 Å². The Balaban J connectivity index is 1.66. The van der Waals surface area contributed by atoms with Gasteiger partial charge >= 0.3 is 5.97 Å². The molecule has 1 atom stereocenters. The molecular weight excluding hydrogens is 539 g/mol. The second kappa shape index (κ2) is 11.5. The van der Waals surface area contributed by atoms with Crippen molar-refractivity contribution in [3.63, 3.8) is 0 Å². The van der Waals surface area contributed by atoms with Crippen LogP contribution in [0.5, 0.6) is 5.75 Å². The molecule has 0 radical (unpaired) electrons. The third kappa shape index (κ3) is 5.85. The molecule has 0 saturated carbocycles. The fraction of sp³-hybridized carbons (Fsp3) is 0.375. The zero-order valence-corrected chi connectivity index (χ0v) is 24.5. The van der Waals surface area contributed by atoms with Crippen LogP contribution in [-0.2, 0) is 22.4 Å². The molecule has 1 amide bonds. The molecule has 3 heterocycles. The lowest BCUT2D eigenvalue weighted by Gasteiger charge is -2.28. The Morgan fingerprint density at radius 1 is 1.19 bits per heavy atom. The van der Waals surface area contributed by atoms with E-state index in [1.807, 2.05) is 37.3 Å². The molecule has 2 aromatic heterocycles. The van der Waals surface area contributed by atoms with Crippen LogP contribution in [0, 0.1) is 19.7 Å². The van der Waals surface area contributed by atoms with Crippen molar-refractivity contribution < 1.29 is 28.6 Å². The predicted octanol–water partition coefficient (Wildman–Crippen LogP) is 5.39. The number of benzene rings is 2.